The Balaban J connectivity index is 1.78. The van der Waals surface area contributed by atoms with Crippen LogP contribution in [0.15, 0.2) is 64.9 Å². The summed E-state index contributed by atoms with van der Waals surface area (Å²) in [6, 6.07) is 14.6. The molecule has 0 atom stereocenters. The van der Waals surface area contributed by atoms with Gasteiger partial charge in [-0.15, -0.1) is 11.3 Å². The number of nitrogens with one attached hydrogen (secondary N) is 1. The summed E-state index contributed by atoms with van der Waals surface area (Å²) in [6.07, 6.45) is 0. The van der Waals surface area contributed by atoms with E-state index in [1.165, 1.54) is 12.1 Å². The summed E-state index contributed by atoms with van der Waals surface area (Å²) >= 11 is 1.59. The normalized spacial score (nSPS) is 11.1. The minimum absolute atomic E-state index is 0.0277. The van der Waals surface area contributed by atoms with Crippen molar-refractivity contribution in [3.8, 4) is 5.75 Å². The fourth-order valence-corrected chi connectivity index (χ4v) is 4.81. The summed E-state index contributed by atoms with van der Waals surface area (Å²) in [5.41, 5.74) is 1.86. The fourth-order valence-electron chi connectivity index (χ4n) is 2.74. The van der Waals surface area contributed by atoms with Crippen LogP contribution in [0.3, 0.4) is 0 Å². The lowest BCUT2D eigenvalue weighted by molar-refractivity contribution is 0.0786. The van der Waals surface area contributed by atoms with Gasteiger partial charge in [0.05, 0.1) is 18.6 Å². The van der Waals surface area contributed by atoms with E-state index in [1.807, 2.05) is 18.4 Å². The number of sulfonamides is 1. The number of thiophene rings is 1. The van der Waals surface area contributed by atoms with Gasteiger partial charge < -0.3 is 9.64 Å². The quantitative estimate of drug-likeness (QED) is 0.611. The molecule has 1 amide bonds. The summed E-state index contributed by atoms with van der Waals surface area (Å²) in [5, 5.41) is 1.99. The Kier molecular flexibility index (Phi) is 6.24. The summed E-state index contributed by atoms with van der Waals surface area (Å²) in [4.78, 5) is 15.5. The molecule has 0 radical (unpaired) electrons. The van der Waals surface area contributed by atoms with Gasteiger partial charge in [-0.05, 0) is 66.4 Å². The molecule has 1 N–H and O–H groups in total. The van der Waals surface area contributed by atoms with Gasteiger partial charge in [0.15, 0.2) is 0 Å². The number of hydrogen-bond donors (Lipinski definition) is 1. The van der Waals surface area contributed by atoms with Crippen molar-refractivity contribution in [1.29, 1.82) is 0 Å². The van der Waals surface area contributed by atoms with E-state index < -0.39 is 10.0 Å². The molecule has 2 aromatic carbocycles. The molecule has 1 aromatic heterocycles. The number of methoxy groups -OCH3 is 1. The Morgan fingerprint density at radius 1 is 1.14 bits per heavy atom. The van der Waals surface area contributed by atoms with Crippen molar-refractivity contribution in [1.82, 2.24) is 4.90 Å². The van der Waals surface area contributed by atoms with Crippen molar-refractivity contribution >= 4 is 33.0 Å². The number of benzene rings is 2. The average Bonchev–Trinajstić information content (AvgIpc) is 3.12. The number of hydrogen-bond acceptors (Lipinski definition) is 5. The van der Waals surface area contributed by atoms with Crippen molar-refractivity contribution in [2.45, 2.75) is 18.4 Å². The number of rotatable bonds is 7. The maximum Gasteiger partial charge on any atom is 0.261 e. The van der Waals surface area contributed by atoms with Crippen molar-refractivity contribution in [3.05, 3.63) is 76.0 Å². The maximum atomic E-state index is 12.8. The smallest absolute Gasteiger partial charge is 0.261 e. The minimum atomic E-state index is -3.83. The molecule has 0 aliphatic heterocycles. The number of anilines is 1. The Morgan fingerprint density at radius 2 is 1.86 bits per heavy atom. The predicted octanol–water partition coefficient (Wildman–Crippen LogP) is 4.14. The first-order valence-corrected chi connectivity index (χ1v) is 11.2. The van der Waals surface area contributed by atoms with Crippen LogP contribution in [0, 0.1) is 6.92 Å². The average molecular weight is 431 g/mol. The van der Waals surface area contributed by atoms with Gasteiger partial charge in [0.1, 0.15) is 5.75 Å². The molecule has 29 heavy (non-hydrogen) atoms. The molecular weight excluding hydrogens is 408 g/mol. The van der Waals surface area contributed by atoms with E-state index in [1.54, 1.807) is 66.8 Å². The van der Waals surface area contributed by atoms with Crippen LogP contribution < -0.4 is 9.46 Å². The van der Waals surface area contributed by atoms with Gasteiger partial charge in [-0.2, -0.15) is 0 Å². The van der Waals surface area contributed by atoms with E-state index in [0.717, 1.165) is 10.4 Å². The van der Waals surface area contributed by atoms with Crippen molar-refractivity contribution in [3.63, 3.8) is 0 Å². The first-order valence-electron chi connectivity index (χ1n) is 8.85. The molecule has 8 heteroatoms. The first-order chi connectivity index (χ1) is 13.8. The molecule has 0 saturated carbocycles. The highest BCUT2D eigenvalue weighted by atomic mass is 32.2. The van der Waals surface area contributed by atoms with Gasteiger partial charge in [0.2, 0.25) is 0 Å². The second-order valence-electron chi connectivity index (χ2n) is 6.55. The van der Waals surface area contributed by atoms with Crippen LogP contribution in [0.1, 0.15) is 20.8 Å². The maximum absolute atomic E-state index is 12.8. The number of carbonyl (C=O) groups excluding carboxylic acids is 1. The predicted molar refractivity (Wildman–Crippen MR) is 115 cm³/mol. The van der Waals surface area contributed by atoms with E-state index in [-0.39, 0.29) is 10.8 Å². The zero-order chi connectivity index (χ0) is 21.0. The van der Waals surface area contributed by atoms with Crippen LogP contribution in [0.25, 0.3) is 0 Å². The van der Waals surface area contributed by atoms with Gasteiger partial charge in [-0.3, -0.25) is 9.52 Å². The molecule has 6 nitrogen and oxygen atoms in total. The molecule has 0 spiro atoms. The second kappa shape index (κ2) is 8.67. The molecule has 3 aromatic rings. The van der Waals surface area contributed by atoms with E-state index in [2.05, 4.69) is 4.72 Å². The van der Waals surface area contributed by atoms with Crippen molar-refractivity contribution in [2.75, 3.05) is 18.9 Å². The summed E-state index contributed by atoms with van der Waals surface area (Å²) in [5.74, 6) is 0.392. The van der Waals surface area contributed by atoms with Crippen LogP contribution in [0.5, 0.6) is 5.75 Å². The molecule has 0 fully saturated rings. The standard InChI is InChI=1S/C21H22N2O4S2/c1-15-11-12-28-20(15)14-23(2)21(24)16-5-4-6-19(13-16)29(25,26)22-17-7-9-18(27-3)10-8-17/h4-13,22H,14H2,1-3H3. The van der Waals surface area contributed by atoms with Gasteiger partial charge in [-0.1, -0.05) is 6.07 Å². The molecule has 0 aliphatic carbocycles. The van der Waals surface area contributed by atoms with Crippen LogP contribution in [-0.4, -0.2) is 33.4 Å². The number of aryl methyl sites for hydroxylation is 1. The number of carbonyl (C=O) groups is 1. The summed E-state index contributed by atoms with van der Waals surface area (Å²) in [7, 11) is -0.584. The second-order valence-corrected chi connectivity index (χ2v) is 9.23. The lowest BCUT2D eigenvalue weighted by Gasteiger charge is -2.17. The monoisotopic (exact) mass is 430 g/mol. The summed E-state index contributed by atoms with van der Waals surface area (Å²) < 4.78 is 33.1. The molecule has 0 bridgehead atoms. The lowest BCUT2D eigenvalue weighted by Crippen LogP contribution is -2.26. The number of ether oxygens (including phenoxy) is 1. The third-order valence-electron chi connectivity index (χ3n) is 4.43. The molecule has 3 rings (SSSR count). The Hall–Kier alpha value is -2.84. The van der Waals surface area contributed by atoms with E-state index in [4.69, 9.17) is 4.74 Å². The first kappa shape index (κ1) is 20.9. The summed E-state index contributed by atoms with van der Waals surface area (Å²) in [6.45, 7) is 2.48. The third-order valence-corrected chi connectivity index (χ3v) is 6.82. The lowest BCUT2D eigenvalue weighted by atomic mass is 10.2. The zero-order valence-electron chi connectivity index (χ0n) is 16.4. The Morgan fingerprint density at radius 3 is 2.48 bits per heavy atom. The highest BCUT2D eigenvalue weighted by Gasteiger charge is 2.19. The third kappa shape index (κ3) is 4.96. The SMILES string of the molecule is COc1ccc(NS(=O)(=O)c2cccc(C(=O)N(C)Cc3sccc3C)c2)cc1. The van der Waals surface area contributed by atoms with Crippen molar-refractivity contribution < 1.29 is 17.9 Å². The topological polar surface area (TPSA) is 75.7 Å². The van der Waals surface area contributed by atoms with Crippen LogP contribution >= 0.6 is 11.3 Å². The largest absolute Gasteiger partial charge is 0.497 e. The zero-order valence-corrected chi connectivity index (χ0v) is 18.0. The van der Waals surface area contributed by atoms with Gasteiger partial charge in [0.25, 0.3) is 15.9 Å². The van der Waals surface area contributed by atoms with E-state index in [9.17, 15) is 13.2 Å². The van der Waals surface area contributed by atoms with E-state index >= 15 is 0 Å². The molecule has 0 saturated heterocycles. The van der Waals surface area contributed by atoms with Gasteiger partial charge >= 0.3 is 0 Å². The minimum Gasteiger partial charge on any atom is -0.497 e. The number of amides is 1. The molecule has 0 aliphatic rings. The van der Waals surface area contributed by atoms with E-state index in [0.29, 0.717) is 23.5 Å². The Bertz CT molecular complexity index is 1110. The van der Waals surface area contributed by atoms with Crippen LogP contribution in [-0.2, 0) is 16.6 Å². The molecule has 0 unspecified atom stereocenters. The van der Waals surface area contributed by atoms with Gasteiger partial charge in [-0.25, -0.2) is 8.42 Å². The highest BCUT2D eigenvalue weighted by Crippen LogP contribution is 2.22. The molecule has 1 heterocycles. The molecule has 152 valence electrons. The molecular formula is C21H22N2O4S2. The Labute approximate surface area is 174 Å². The fraction of sp³-hybridized carbons (Fsp3) is 0.190. The van der Waals surface area contributed by atoms with Crippen LogP contribution in [0.2, 0.25) is 0 Å². The van der Waals surface area contributed by atoms with Crippen LogP contribution in [0.4, 0.5) is 5.69 Å². The van der Waals surface area contributed by atoms with Crippen molar-refractivity contribution in [2.24, 2.45) is 0 Å². The van der Waals surface area contributed by atoms with Gasteiger partial charge in [0, 0.05) is 23.2 Å². The highest BCUT2D eigenvalue weighted by molar-refractivity contribution is 7.92. The number of nitrogens with zero attached hydrogens (tertiary/aromatic N) is 1.